The Morgan fingerprint density at radius 3 is 2.58 bits per heavy atom. The molecule has 2 aromatic rings. The highest BCUT2D eigenvalue weighted by molar-refractivity contribution is 5.82. The molecule has 4 nitrogen and oxygen atoms in total. The van der Waals surface area contributed by atoms with Crippen molar-refractivity contribution in [3.05, 3.63) is 23.5 Å². The molecule has 1 saturated heterocycles. The van der Waals surface area contributed by atoms with Gasteiger partial charge < -0.3 is 9.72 Å². The van der Waals surface area contributed by atoms with Gasteiger partial charge in [0.15, 0.2) is 0 Å². The number of aromatic nitrogens is 2. The number of fused-ring (bicyclic) bond motifs is 1. The number of benzene rings is 1. The third-order valence-corrected chi connectivity index (χ3v) is 4.33. The van der Waals surface area contributed by atoms with Crippen molar-refractivity contribution in [2.24, 2.45) is 0 Å². The fraction of sp³-hybridized carbons (Fsp3) is 0.588. The summed E-state index contributed by atoms with van der Waals surface area (Å²) >= 11 is 0. The lowest BCUT2D eigenvalue weighted by Gasteiger charge is -2.17. The predicted molar refractivity (Wildman–Crippen MR) is 86.4 cm³/mol. The highest BCUT2D eigenvalue weighted by atomic mass is 19.4. The highest BCUT2D eigenvalue weighted by Gasteiger charge is 2.38. The standard InChI is InChI=1S/C17H22F3N3O/c1-11(2)16-21-12-5-6-13(14(15(12)22-16)17(18,19)20)24-10-9-23-7-3-4-8-23/h5-6,11H,3-4,7-10H2,1-2H3,(H,21,22). The summed E-state index contributed by atoms with van der Waals surface area (Å²) in [7, 11) is 0. The maximum absolute atomic E-state index is 13.6. The van der Waals surface area contributed by atoms with E-state index in [1.807, 2.05) is 13.8 Å². The van der Waals surface area contributed by atoms with E-state index in [1.54, 1.807) is 6.07 Å². The minimum absolute atomic E-state index is 0.0259. The van der Waals surface area contributed by atoms with E-state index < -0.39 is 11.7 Å². The van der Waals surface area contributed by atoms with Crippen molar-refractivity contribution in [1.29, 1.82) is 0 Å². The number of nitrogens with one attached hydrogen (secondary N) is 1. The molecule has 1 aromatic heterocycles. The van der Waals surface area contributed by atoms with Crippen LogP contribution in [0.3, 0.4) is 0 Å². The third kappa shape index (κ3) is 3.50. The quantitative estimate of drug-likeness (QED) is 0.887. The van der Waals surface area contributed by atoms with Crippen LogP contribution in [0.2, 0.25) is 0 Å². The first-order chi connectivity index (χ1) is 11.4. The van der Waals surface area contributed by atoms with Gasteiger partial charge in [-0.05, 0) is 38.1 Å². The average molecular weight is 341 g/mol. The van der Waals surface area contributed by atoms with E-state index in [1.165, 1.54) is 6.07 Å². The Bertz CT molecular complexity index is 703. The number of likely N-dealkylation sites (tertiary alicyclic amines) is 1. The zero-order valence-corrected chi connectivity index (χ0v) is 13.9. The van der Waals surface area contributed by atoms with E-state index in [4.69, 9.17) is 4.74 Å². The molecule has 1 aliphatic rings. The number of nitrogens with zero attached hydrogens (tertiary/aromatic N) is 2. The first kappa shape index (κ1) is 17.1. The number of ether oxygens (including phenoxy) is 1. The zero-order valence-electron chi connectivity index (χ0n) is 13.9. The Morgan fingerprint density at radius 2 is 1.96 bits per heavy atom. The van der Waals surface area contributed by atoms with E-state index in [-0.39, 0.29) is 23.8 Å². The first-order valence-electron chi connectivity index (χ1n) is 8.31. The van der Waals surface area contributed by atoms with Crippen molar-refractivity contribution in [2.45, 2.75) is 38.8 Å². The van der Waals surface area contributed by atoms with Crippen molar-refractivity contribution in [1.82, 2.24) is 14.9 Å². The number of alkyl halides is 3. The van der Waals surface area contributed by atoms with Crippen LogP contribution in [-0.4, -0.2) is 41.1 Å². The molecule has 0 atom stereocenters. The Balaban J connectivity index is 1.88. The molecule has 1 aromatic carbocycles. The van der Waals surface area contributed by atoms with Gasteiger partial charge in [-0.3, -0.25) is 4.90 Å². The van der Waals surface area contributed by atoms with E-state index in [0.29, 0.717) is 17.9 Å². The molecule has 1 fully saturated rings. The van der Waals surface area contributed by atoms with Crippen molar-refractivity contribution in [3.63, 3.8) is 0 Å². The molecule has 1 aliphatic heterocycles. The van der Waals surface area contributed by atoms with Crippen LogP contribution in [-0.2, 0) is 6.18 Å². The van der Waals surface area contributed by atoms with Crippen molar-refractivity contribution < 1.29 is 17.9 Å². The van der Waals surface area contributed by atoms with Crippen LogP contribution in [0.15, 0.2) is 12.1 Å². The number of H-pyrrole nitrogens is 1. The Hall–Kier alpha value is -1.76. The summed E-state index contributed by atoms with van der Waals surface area (Å²) < 4.78 is 46.2. The molecular formula is C17H22F3N3O. The lowest BCUT2D eigenvalue weighted by molar-refractivity contribution is -0.137. The SMILES string of the molecule is CC(C)c1nc2c(C(F)(F)F)c(OCCN3CCCC3)ccc2[nH]1. The molecule has 7 heteroatoms. The van der Waals surface area contributed by atoms with Gasteiger partial charge in [0.2, 0.25) is 0 Å². The topological polar surface area (TPSA) is 41.1 Å². The van der Waals surface area contributed by atoms with E-state index in [0.717, 1.165) is 25.9 Å². The monoisotopic (exact) mass is 341 g/mol. The molecule has 0 unspecified atom stereocenters. The lowest BCUT2D eigenvalue weighted by atomic mass is 10.1. The predicted octanol–water partition coefficient (Wildman–Crippen LogP) is 4.18. The Labute approximate surface area is 139 Å². The van der Waals surface area contributed by atoms with Crippen LogP contribution < -0.4 is 4.74 Å². The Kier molecular flexibility index (Phi) is 4.71. The van der Waals surface area contributed by atoms with Crippen LogP contribution in [0.5, 0.6) is 5.75 Å². The minimum atomic E-state index is -4.51. The Morgan fingerprint density at radius 1 is 1.25 bits per heavy atom. The van der Waals surface area contributed by atoms with Crippen LogP contribution in [0, 0.1) is 0 Å². The van der Waals surface area contributed by atoms with E-state index in [9.17, 15) is 13.2 Å². The van der Waals surface area contributed by atoms with Gasteiger partial charge in [0, 0.05) is 12.5 Å². The molecule has 3 rings (SSSR count). The van der Waals surface area contributed by atoms with E-state index >= 15 is 0 Å². The van der Waals surface area contributed by atoms with Crippen molar-refractivity contribution >= 4 is 11.0 Å². The normalized spacial score (nSPS) is 16.4. The summed E-state index contributed by atoms with van der Waals surface area (Å²) in [6.45, 7) is 6.65. The summed E-state index contributed by atoms with van der Waals surface area (Å²) in [5, 5.41) is 0. The smallest absolute Gasteiger partial charge is 0.422 e. The summed E-state index contributed by atoms with van der Waals surface area (Å²) in [6, 6.07) is 2.99. The molecule has 24 heavy (non-hydrogen) atoms. The number of hydrogen-bond donors (Lipinski definition) is 1. The van der Waals surface area contributed by atoms with Crippen LogP contribution >= 0.6 is 0 Å². The summed E-state index contributed by atoms with van der Waals surface area (Å²) in [5.41, 5.74) is -0.465. The fourth-order valence-corrected chi connectivity index (χ4v) is 3.03. The average Bonchev–Trinajstić information content (AvgIpc) is 3.14. The molecule has 0 aliphatic carbocycles. The molecule has 1 N–H and O–H groups in total. The van der Waals surface area contributed by atoms with Gasteiger partial charge in [0.1, 0.15) is 29.3 Å². The second kappa shape index (κ2) is 6.63. The maximum atomic E-state index is 13.6. The number of rotatable bonds is 5. The second-order valence-corrected chi connectivity index (χ2v) is 6.51. The van der Waals surface area contributed by atoms with Crippen molar-refractivity contribution in [2.75, 3.05) is 26.2 Å². The van der Waals surface area contributed by atoms with Gasteiger partial charge >= 0.3 is 6.18 Å². The molecule has 0 radical (unpaired) electrons. The summed E-state index contributed by atoms with van der Waals surface area (Å²) in [4.78, 5) is 9.33. The van der Waals surface area contributed by atoms with Gasteiger partial charge in [-0.1, -0.05) is 13.8 Å². The first-order valence-corrected chi connectivity index (χ1v) is 8.31. The molecule has 0 saturated carbocycles. The van der Waals surface area contributed by atoms with Gasteiger partial charge in [0.05, 0.1) is 5.52 Å². The molecule has 0 amide bonds. The van der Waals surface area contributed by atoms with Gasteiger partial charge in [-0.2, -0.15) is 13.2 Å². The van der Waals surface area contributed by atoms with Gasteiger partial charge in [-0.25, -0.2) is 4.98 Å². The number of imidazole rings is 1. The highest BCUT2D eigenvalue weighted by Crippen LogP contribution is 2.40. The van der Waals surface area contributed by atoms with Gasteiger partial charge in [-0.15, -0.1) is 0 Å². The number of aromatic amines is 1. The number of halogens is 3. The van der Waals surface area contributed by atoms with Crippen LogP contribution in [0.25, 0.3) is 11.0 Å². The summed E-state index contributed by atoms with van der Waals surface area (Å²) in [5.74, 6) is 0.429. The van der Waals surface area contributed by atoms with Crippen LogP contribution in [0.1, 0.15) is 44.0 Å². The molecular weight excluding hydrogens is 319 g/mol. The largest absolute Gasteiger partial charge is 0.492 e. The molecule has 2 heterocycles. The molecule has 0 bridgehead atoms. The fourth-order valence-electron chi connectivity index (χ4n) is 3.03. The summed E-state index contributed by atoms with van der Waals surface area (Å²) in [6.07, 6.45) is -2.22. The number of hydrogen-bond acceptors (Lipinski definition) is 3. The molecule has 132 valence electrons. The molecule has 0 spiro atoms. The van der Waals surface area contributed by atoms with E-state index in [2.05, 4.69) is 14.9 Å². The van der Waals surface area contributed by atoms with Crippen LogP contribution in [0.4, 0.5) is 13.2 Å². The maximum Gasteiger partial charge on any atom is 0.422 e. The van der Waals surface area contributed by atoms with Gasteiger partial charge in [0.25, 0.3) is 0 Å². The zero-order chi connectivity index (χ0) is 17.3. The lowest BCUT2D eigenvalue weighted by Crippen LogP contribution is -2.25. The second-order valence-electron chi connectivity index (χ2n) is 6.51. The van der Waals surface area contributed by atoms with Crippen molar-refractivity contribution in [3.8, 4) is 5.75 Å². The minimum Gasteiger partial charge on any atom is -0.492 e. The third-order valence-electron chi connectivity index (χ3n) is 4.33.